The molecule has 0 bridgehead atoms. The predicted octanol–water partition coefficient (Wildman–Crippen LogP) is 5.24. The van der Waals surface area contributed by atoms with Crippen molar-refractivity contribution in [2.75, 3.05) is 0 Å². The molecular formula is C20H18N2O. The van der Waals surface area contributed by atoms with E-state index in [1.807, 2.05) is 42.6 Å². The summed E-state index contributed by atoms with van der Waals surface area (Å²) in [5.74, 6) is 0.624. The lowest BCUT2D eigenvalue weighted by Gasteiger charge is -2.06. The van der Waals surface area contributed by atoms with Gasteiger partial charge in [0.2, 0.25) is 0 Å². The van der Waals surface area contributed by atoms with Gasteiger partial charge in [-0.05, 0) is 54.3 Å². The van der Waals surface area contributed by atoms with Crippen LogP contribution in [-0.4, -0.2) is 9.97 Å². The van der Waals surface area contributed by atoms with Crippen LogP contribution in [0, 0.1) is 5.92 Å². The topological polar surface area (TPSA) is 38.9 Å². The fourth-order valence-electron chi connectivity index (χ4n) is 2.95. The monoisotopic (exact) mass is 302 g/mol. The maximum Gasteiger partial charge on any atom is 0.153 e. The Morgan fingerprint density at radius 1 is 0.957 bits per heavy atom. The highest BCUT2D eigenvalue weighted by molar-refractivity contribution is 6.02. The Hall–Kier alpha value is -2.68. The van der Waals surface area contributed by atoms with Gasteiger partial charge in [-0.15, -0.1) is 0 Å². The summed E-state index contributed by atoms with van der Waals surface area (Å²) in [6.07, 6.45) is 2.92. The molecule has 0 N–H and O–H groups in total. The molecule has 3 aromatic heterocycles. The van der Waals surface area contributed by atoms with Crippen molar-refractivity contribution >= 4 is 22.1 Å². The van der Waals surface area contributed by atoms with Crippen molar-refractivity contribution in [1.29, 1.82) is 0 Å². The van der Waals surface area contributed by atoms with E-state index in [2.05, 4.69) is 31.0 Å². The highest BCUT2D eigenvalue weighted by Crippen LogP contribution is 2.29. The fraction of sp³-hybridized carbons (Fsp3) is 0.200. The zero-order chi connectivity index (χ0) is 15.8. The number of nitrogens with zero attached hydrogens (tertiary/aromatic N) is 2. The third-order valence-electron chi connectivity index (χ3n) is 3.95. The normalized spacial score (nSPS) is 11.6. The van der Waals surface area contributed by atoms with Crippen molar-refractivity contribution in [2.45, 2.75) is 20.3 Å². The average molecular weight is 302 g/mol. The van der Waals surface area contributed by atoms with Gasteiger partial charge in [-0.2, -0.15) is 0 Å². The summed E-state index contributed by atoms with van der Waals surface area (Å²) in [6.45, 7) is 4.45. The van der Waals surface area contributed by atoms with Crippen LogP contribution in [0.1, 0.15) is 19.4 Å². The molecule has 4 aromatic rings. The van der Waals surface area contributed by atoms with E-state index in [-0.39, 0.29) is 0 Å². The van der Waals surface area contributed by atoms with Crippen molar-refractivity contribution in [1.82, 2.24) is 9.97 Å². The number of fused-ring (bicyclic) bond motifs is 3. The predicted molar refractivity (Wildman–Crippen MR) is 93.3 cm³/mol. The quantitative estimate of drug-likeness (QED) is 0.519. The molecule has 3 heteroatoms. The van der Waals surface area contributed by atoms with E-state index in [0.717, 1.165) is 39.9 Å². The van der Waals surface area contributed by atoms with Crippen molar-refractivity contribution < 1.29 is 4.42 Å². The minimum Gasteiger partial charge on any atom is -0.454 e. The van der Waals surface area contributed by atoms with Crippen LogP contribution in [0.25, 0.3) is 33.5 Å². The SMILES string of the molecule is CC(C)Cc1ccnc(-c2ccc3oc4ccccc4c3n2)c1. The summed E-state index contributed by atoms with van der Waals surface area (Å²) >= 11 is 0. The van der Waals surface area contributed by atoms with Crippen LogP contribution in [-0.2, 0) is 6.42 Å². The summed E-state index contributed by atoms with van der Waals surface area (Å²) in [7, 11) is 0. The van der Waals surface area contributed by atoms with Gasteiger partial charge < -0.3 is 4.42 Å². The molecule has 0 saturated heterocycles. The lowest BCUT2D eigenvalue weighted by molar-refractivity contribution is 0.647. The standard InChI is InChI=1S/C20H18N2O/c1-13(2)11-14-9-10-21-17(12-14)16-7-8-19-20(22-16)15-5-3-4-6-18(15)23-19/h3-10,12-13H,11H2,1-2H3. The third-order valence-corrected chi connectivity index (χ3v) is 3.95. The largest absolute Gasteiger partial charge is 0.454 e. The van der Waals surface area contributed by atoms with Crippen LogP contribution < -0.4 is 0 Å². The van der Waals surface area contributed by atoms with E-state index < -0.39 is 0 Å². The molecule has 0 saturated carbocycles. The second kappa shape index (κ2) is 5.51. The molecule has 0 spiro atoms. The zero-order valence-electron chi connectivity index (χ0n) is 13.3. The van der Waals surface area contributed by atoms with Gasteiger partial charge in [0.1, 0.15) is 11.1 Å². The second-order valence-corrected chi connectivity index (χ2v) is 6.29. The molecule has 0 radical (unpaired) electrons. The molecule has 0 fully saturated rings. The van der Waals surface area contributed by atoms with Crippen LogP contribution in [0.3, 0.4) is 0 Å². The first kappa shape index (κ1) is 13.9. The molecule has 0 aliphatic rings. The molecule has 23 heavy (non-hydrogen) atoms. The molecule has 0 atom stereocenters. The summed E-state index contributed by atoms with van der Waals surface area (Å²) in [4.78, 5) is 9.29. The van der Waals surface area contributed by atoms with E-state index in [4.69, 9.17) is 9.40 Å². The van der Waals surface area contributed by atoms with Gasteiger partial charge >= 0.3 is 0 Å². The van der Waals surface area contributed by atoms with Crippen molar-refractivity contribution in [3.8, 4) is 11.4 Å². The molecule has 0 aliphatic heterocycles. The number of hydrogen-bond donors (Lipinski definition) is 0. The minimum absolute atomic E-state index is 0.624. The number of pyridine rings is 2. The Bertz CT molecular complexity index is 985. The molecule has 0 unspecified atom stereocenters. The van der Waals surface area contributed by atoms with E-state index in [9.17, 15) is 0 Å². The van der Waals surface area contributed by atoms with Crippen LogP contribution in [0.4, 0.5) is 0 Å². The maximum absolute atomic E-state index is 5.84. The Morgan fingerprint density at radius 3 is 2.70 bits per heavy atom. The van der Waals surface area contributed by atoms with Crippen molar-refractivity contribution in [3.63, 3.8) is 0 Å². The van der Waals surface area contributed by atoms with Crippen LogP contribution in [0.2, 0.25) is 0 Å². The summed E-state index contributed by atoms with van der Waals surface area (Å²) in [5.41, 5.74) is 5.67. The maximum atomic E-state index is 5.84. The number of aromatic nitrogens is 2. The smallest absolute Gasteiger partial charge is 0.153 e. The molecule has 1 aromatic carbocycles. The number of para-hydroxylation sites is 1. The Balaban J connectivity index is 1.84. The molecule has 114 valence electrons. The fourth-order valence-corrected chi connectivity index (χ4v) is 2.95. The van der Waals surface area contributed by atoms with Gasteiger partial charge in [0, 0.05) is 11.6 Å². The number of rotatable bonds is 3. The van der Waals surface area contributed by atoms with Gasteiger partial charge in [0.05, 0.1) is 11.4 Å². The Labute approximate surface area is 135 Å². The zero-order valence-corrected chi connectivity index (χ0v) is 13.3. The second-order valence-electron chi connectivity index (χ2n) is 6.29. The van der Waals surface area contributed by atoms with Crippen LogP contribution in [0.5, 0.6) is 0 Å². The molecule has 0 aliphatic carbocycles. The first-order valence-corrected chi connectivity index (χ1v) is 7.94. The molecule has 3 heterocycles. The van der Waals surface area contributed by atoms with Crippen molar-refractivity contribution in [3.05, 3.63) is 60.3 Å². The van der Waals surface area contributed by atoms with Gasteiger partial charge in [-0.3, -0.25) is 4.98 Å². The number of benzene rings is 1. The van der Waals surface area contributed by atoms with E-state index in [1.165, 1.54) is 5.56 Å². The lowest BCUT2D eigenvalue weighted by atomic mass is 10.0. The average Bonchev–Trinajstić information content (AvgIpc) is 2.92. The Morgan fingerprint density at radius 2 is 1.83 bits per heavy atom. The molecule has 0 amide bonds. The van der Waals surface area contributed by atoms with Crippen LogP contribution in [0.15, 0.2) is 59.1 Å². The number of furan rings is 1. The summed E-state index contributed by atoms with van der Waals surface area (Å²) in [6, 6.07) is 16.2. The minimum atomic E-state index is 0.624. The van der Waals surface area contributed by atoms with Gasteiger partial charge in [-0.25, -0.2) is 4.98 Å². The van der Waals surface area contributed by atoms with E-state index in [0.29, 0.717) is 5.92 Å². The van der Waals surface area contributed by atoms with E-state index in [1.54, 1.807) is 0 Å². The van der Waals surface area contributed by atoms with Crippen molar-refractivity contribution in [2.24, 2.45) is 5.92 Å². The van der Waals surface area contributed by atoms with Crippen LogP contribution >= 0.6 is 0 Å². The summed E-state index contributed by atoms with van der Waals surface area (Å²) < 4.78 is 5.84. The molecule has 4 rings (SSSR count). The molecular weight excluding hydrogens is 284 g/mol. The highest BCUT2D eigenvalue weighted by Gasteiger charge is 2.10. The molecule has 3 nitrogen and oxygen atoms in total. The lowest BCUT2D eigenvalue weighted by Crippen LogP contribution is -1.96. The summed E-state index contributed by atoms with van der Waals surface area (Å²) in [5, 5.41) is 1.04. The first-order chi connectivity index (χ1) is 11.2. The van der Waals surface area contributed by atoms with Gasteiger partial charge in [0.15, 0.2) is 5.58 Å². The first-order valence-electron chi connectivity index (χ1n) is 7.94. The number of hydrogen-bond acceptors (Lipinski definition) is 3. The Kier molecular flexibility index (Phi) is 3.34. The van der Waals surface area contributed by atoms with E-state index >= 15 is 0 Å². The van der Waals surface area contributed by atoms with Gasteiger partial charge in [0.25, 0.3) is 0 Å². The third kappa shape index (κ3) is 2.59. The highest BCUT2D eigenvalue weighted by atomic mass is 16.3. The van der Waals surface area contributed by atoms with Gasteiger partial charge in [-0.1, -0.05) is 26.0 Å².